The molecule has 0 fully saturated rings. The van der Waals surface area contributed by atoms with E-state index >= 15 is 0 Å². The van der Waals surface area contributed by atoms with Gasteiger partial charge in [-0.1, -0.05) is 29.5 Å². The summed E-state index contributed by atoms with van der Waals surface area (Å²) >= 11 is 4.86. The molecule has 0 spiro atoms. The van der Waals surface area contributed by atoms with E-state index < -0.39 is 11.0 Å². The number of thiazole rings is 1. The number of anilines is 1. The number of carbonyl (C=O) groups is 1. The van der Waals surface area contributed by atoms with Crippen molar-refractivity contribution in [3.05, 3.63) is 58.2 Å². The number of nitrogens with zero attached hydrogens (tertiary/aromatic N) is 1. The summed E-state index contributed by atoms with van der Waals surface area (Å²) < 4.78 is 16.6. The minimum absolute atomic E-state index is 0.166. The van der Waals surface area contributed by atoms with Crippen molar-refractivity contribution in [1.82, 2.24) is 9.71 Å². The fourth-order valence-corrected chi connectivity index (χ4v) is 5.30. The van der Waals surface area contributed by atoms with E-state index in [1.807, 2.05) is 37.3 Å². The van der Waals surface area contributed by atoms with Crippen LogP contribution in [-0.4, -0.2) is 26.8 Å². The van der Waals surface area contributed by atoms with Crippen LogP contribution in [0, 0.1) is 6.92 Å². The predicted octanol–water partition coefficient (Wildman–Crippen LogP) is 4.40. The van der Waals surface area contributed by atoms with E-state index in [2.05, 4.69) is 31.0 Å². The number of phenols is 1. The number of aromatic hydroxyl groups is 1. The minimum atomic E-state index is -1.40. The van der Waals surface area contributed by atoms with Gasteiger partial charge < -0.3 is 10.4 Å². The summed E-state index contributed by atoms with van der Waals surface area (Å²) in [5.41, 5.74) is 2.74. The predicted molar refractivity (Wildman–Crippen MR) is 121 cm³/mol. The van der Waals surface area contributed by atoms with Crippen molar-refractivity contribution < 1.29 is 14.1 Å². The molecule has 3 rings (SSSR count). The molecular weight excluding hydrogens is 474 g/mol. The fourth-order valence-electron chi connectivity index (χ4n) is 2.68. The van der Waals surface area contributed by atoms with E-state index in [0.717, 1.165) is 26.2 Å². The second kappa shape index (κ2) is 9.62. The average Bonchev–Trinajstić information content (AvgIpc) is 3.03. The summed E-state index contributed by atoms with van der Waals surface area (Å²) in [5, 5.41) is 12.6. The first-order chi connectivity index (χ1) is 13.8. The smallest absolute Gasteiger partial charge is 0.223 e. The highest BCUT2D eigenvalue weighted by Crippen LogP contribution is 2.35. The topological polar surface area (TPSA) is 91.3 Å². The van der Waals surface area contributed by atoms with Crippen LogP contribution in [0.3, 0.4) is 0 Å². The van der Waals surface area contributed by atoms with E-state index in [1.165, 1.54) is 18.3 Å². The van der Waals surface area contributed by atoms with Crippen LogP contribution < -0.4 is 10.0 Å². The monoisotopic (exact) mass is 493 g/mol. The first-order valence-corrected chi connectivity index (χ1v) is 11.6. The Morgan fingerprint density at radius 2 is 1.97 bits per heavy atom. The van der Waals surface area contributed by atoms with Crippen LogP contribution in [-0.2, 0) is 22.2 Å². The van der Waals surface area contributed by atoms with Crippen LogP contribution in [0.15, 0.2) is 51.8 Å². The number of aromatic nitrogens is 1. The lowest BCUT2D eigenvalue weighted by Gasteiger charge is -2.09. The Morgan fingerprint density at radius 3 is 2.66 bits per heavy atom. The van der Waals surface area contributed by atoms with Crippen molar-refractivity contribution in [2.45, 2.75) is 25.2 Å². The maximum atomic E-state index is 12.8. The Balaban J connectivity index is 1.73. The number of aryl methyl sites for hydroxylation is 1. The van der Waals surface area contributed by atoms with Gasteiger partial charge in [-0.15, -0.1) is 0 Å². The zero-order valence-electron chi connectivity index (χ0n) is 15.9. The molecule has 1 unspecified atom stereocenters. The molecule has 1 heterocycles. The van der Waals surface area contributed by atoms with Gasteiger partial charge >= 0.3 is 0 Å². The highest BCUT2D eigenvalue weighted by Gasteiger charge is 2.15. The molecule has 1 atom stereocenters. The highest BCUT2D eigenvalue weighted by molar-refractivity contribution is 9.10. The van der Waals surface area contributed by atoms with Gasteiger partial charge in [-0.3, -0.25) is 4.79 Å². The van der Waals surface area contributed by atoms with Crippen molar-refractivity contribution in [3.63, 3.8) is 0 Å². The summed E-state index contributed by atoms with van der Waals surface area (Å²) in [4.78, 5) is 17.2. The molecule has 0 aliphatic carbocycles. The van der Waals surface area contributed by atoms with Gasteiger partial charge in [0.2, 0.25) is 5.91 Å². The number of halogens is 1. The molecule has 0 aliphatic rings. The number of nitrogens with one attached hydrogen (secondary N) is 2. The Bertz CT molecular complexity index is 1050. The zero-order chi connectivity index (χ0) is 21.0. The molecule has 6 nitrogen and oxygen atoms in total. The maximum Gasteiger partial charge on any atom is 0.223 e. The highest BCUT2D eigenvalue weighted by atomic mass is 79.9. The average molecular weight is 494 g/mol. The third-order valence-electron chi connectivity index (χ3n) is 4.06. The molecule has 3 aromatic rings. The van der Waals surface area contributed by atoms with Gasteiger partial charge in [0.25, 0.3) is 0 Å². The van der Waals surface area contributed by atoms with E-state index in [9.17, 15) is 14.1 Å². The van der Waals surface area contributed by atoms with Gasteiger partial charge in [-0.2, -0.15) is 0 Å². The van der Waals surface area contributed by atoms with E-state index in [4.69, 9.17) is 0 Å². The normalized spacial score (nSPS) is 12.0. The standard InChI is InChI=1S/C20H20BrN3O3S2/c1-12-19(28-20(23-12)24-13(2)25)15-5-8-17(21)18(11-15)29(27)22-10-9-14-3-6-16(26)7-4-14/h3-8,11,22,26H,9-10H2,1-2H3,(H,23,24,25). The zero-order valence-corrected chi connectivity index (χ0v) is 19.1. The number of hydrogen-bond donors (Lipinski definition) is 3. The summed E-state index contributed by atoms with van der Waals surface area (Å²) in [6.45, 7) is 3.85. The van der Waals surface area contributed by atoms with Gasteiger partial charge in [0.1, 0.15) is 16.7 Å². The van der Waals surface area contributed by atoms with Crippen molar-refractivity contribution in [2.75, 3.05) is 11.9 Å². The summed E-state index contributed by atoms with van der Waals surface area (Å²) in [5.74, 6) is 0.0618. The fraction of sp³-hybridized carbons (Fsp3) is 0.200. The number of benzene rings is 2. The second-order valence-corrected chi connectivity index (χ2v) is 9.46. The maximum absolute atomic E-state index is 12.8. The van der Waals surface area contributed by atoms with Crippen LogP contribution in [0.5, 0.6) is 5.75 Å². The molecule has 0 bridgehead atoms. The minimum Gasteiger partial charge on any atom is -0.508 e. The van der Waals surface area contributed by atoms with Gasteiger partial charge in [0, 0.05) is 17.9 Å². The molecule has 9 heteroatoms. The summed E-state index contributed by atoms with van der Waals surface area (Å²) in [6, 6.07) is 12.6. The van der Waals surface area contributed by atoms with Crippen molar-refractivity contribution in [3.8, 4) is 16.2 Å². The molecule has 1 amide bonds. The Morgan fingerprint density at radius 1 is 1.24 bits per heavy atom. The van der Waals surface area contributed by atoms with E-state index in [0.29, 0.717) is 23.0 Å². The molecule has 0 aliphatic heterocycles. The summed E-state index contributed by atoms with van der Waals surface area (Å²) in [7, 11) is -1.40. The summed E-state index contributed by atoms with van der Waals surface area (Å²) in [6.07, 6.45) is 0.692. The third-order valence-corrected chi connectivity index (χ3v) is 7.34. The first-order valence-electron chi connectivity index (χ1n) is 8.81. The number of rotatable bonds is 7. The number of amides is 1. The van der Waals surface area contributed by atoms with Crippen molar-refractivity contribution in [2.24, 2.45) is 0 Å². The lowest BCUT2D eigenvalue weighted by atomic mass is 10.1. The Labute approximate surface area is 184 Å². The number of phenolic OH excluding ortho intramolecular Hbond substituents is 1. The van der Waals surface area contributed by atoms with Crippen LogP contribution in [0.1, 0.15) is 18.2 Å². The van der Waals surface area contributed by atoms with Crippen molar-refractivity contribution in [1.29, 1.82) is 0 Å². The number of hydrogen-bond acceptors (Lipinski definition) is 5. The number of carbonyl (C=O) groups excluding carboxylic acids is 1. The lowest BCUT2D eigenvalue weighted by molar-refractivity contribution is -0.114. The van der Waals surface area contributed by atoms with Gasteiger partial charge in [0.15, 0.2) is 5.13 Å². The Hall–Kier alpha value is -2.07. The van der Waals surface area contributed by atoms with Crippen LogP contribution >= 0.6 is 27.3 Å². The van der Waals surface area contributed by atoms with Gasteiger partial charge in [-0.05, 0) is 64.7 Å². The van der Waals surface area contributed by atoms with Crippen LogP contribution in [0.4, 0.5) is 5.13 Å². The van der Waals surface area contributed by atoms with E-state index in [-0.39, 0.29) is 11.7 Å². The van der Waals surface area contributed by atoms with E-state index in [1.54, 1.807) is 12.1 Å². The van der Waals surface area contributed by atoms with Crippen LogP contribution in [0.2, 0.25) is 0 Å². The largest absolute Gasteiger partial charge is 0.508 e. The van der Waals surface area contributed by atoms with Gasteiger partial charge in [-0.25, -0.2) is 13.9 Å². The quantitative estimate of drug-likeness (QED) is 0.454. The SMILES string of the molecule is CC(=O)Nc1nc(C)c(-c2ccc(Br)c(S(=O)NCCc3ccc(O)cc3)c2)s1. The molecular formula is C20H20BrN3O3S2. The third kappa shape index (κ3) is 5.72. The molecule has 0 radical (unpaired) electrons. The molecule has 2 aromatic carbocycles. The first kappa shape index (κ1) is 21.6. The van der Waals surface area contributed by atoms with Crippen molar-refractivity contribution >= 4 is 49.3 Å². The molecule has 1 aromatic heterocycles. The molecule has 0 saturated heterocycles. The molecule has 0 saturated carbocycles. The molecule has 3 N–H and O–H groups in total. The molecule has 29 heavy (non-hydrogen) atoms. The Kier molecular flexibility index (Phi) is 7.18. The van der Waals surface area contributed by atoms with Crippen LogP contribution in [0.25, 0.3) is 10.4 Å². The molecule has 152 valence electrons. The van der Waals surface area contributed by atoms with Gasteiger partial charge in [0.05, 0.1) is 15.5 Å². The lowest BCUT2D eigenvalue weighted by Crippen LogP contribution is -2.20. The second-order valence-electron chi connectivity index (χ2n) is 6.34.